The van der Waals surface area contributed by atoms with Crippen LogP contribution in [0.15, 0.2) is 0 Å². The van der Waals surface area contributed by atoms with Gasteiger partial charge in [-0.25, -0.2) is 4.79 Å². The summed E-state index contributed by atoms with van der Waals surface area (Å²) in [5.41, 5.74) is 0. The zero-order valence-corrected chi connectivity index (χ0v) is 11.5. The van der Waals surface area contributed by atoms with Gasteiger partial charge in [0.15, 0.2) is 0 Å². The molecule has 0 unspecified atom stereocenters. The molecule has 0 saturated carbocycles. The van der Waals surface area contributed by atoms with Crippen molar-refractivity contribution in [1.82, 2.24) is 15.1 Å². The second-order valence-corrected chi connectivity index (χ2v) is 5.01. The lowest BCUT2D eigenvalue weighted by molar-refractivity contribution is -0.142. The van der Waals surface area contributed by atoms with E-state index in [0.29, 0.717) is 25.9 Å². The van der Waals surface area contributed by atoms with Crippen molar-refractivity contribution in [3.63, 3.8) is 0 Å². The van der Waals surface area contributed by atoms with Crippen LogP contribution < -0.4 is 5.32 Å². The second kappa shape index (κ2) is 6.40. The van der Waals surface area contributed by atoms with Gasteiger partial charge in [-0.05, 0) is 19.8 Å². The van der Waals surface area contributed by atoms with Crippen LogP contribution in [0.2, 0.25) is 0 Å². The van der Waals surface area contributed by atoms with Crippen LogP contribution >= 0.6 is 0 Å². The van der Waals surface area contributed by atoms with Crippen molar-refractivity contribution >= 4 is 17.9 Å². The third-order valence-electron chi connectivity index (χ3n) is 3.25. The van der Waals surface area contributed by atoms with Gasteiger partial charge in [0.1, 0.15) is 6.04 Å². The molecule has 0 bridgehead atoms. The van der Waals surface area contributed by atoms with Crippen molar-refractivity contribution in [2.24, 2.45) is 5.92 Å². The predicted molar refractivity (Wildman–Crippen MR) is 68.6 cm³/mol. The first-order valence-electron chi connectivity index (χ1n) is 6.32. The molecule has 7 nitrogen and oxygen atoms in total. The number of likely N-dealkylation sites (tertiary alicyclic amines) is 1. The molecule has 0 aromatic heterocycles. The third-order valence-corrected chi connectivity index (χ3v) is 3.25. The van der Waals surface area contributed by atoms with Crippen LogP contribution in [-0.2, 0) is 9.59 Å². The summed E-state index contributed by atoms with van der Waals surface area (Å²) in [7, 11) is 3.38. The summed E-state index contributed by atoms with van der Waals surface area (Å²) in [6.45, 7) is 2.48. The van der Waals surface area contributed by atoms with E-state index in [0.717, 1.165) is 0 Å². The van der Waals surface area contributed by atoms with E-state index in [-0.39, 0.29) is 17.9 Å². The number of rotatable bonds is 3. The van der Waals surface area contributed by atoms with Crippen molar-refractivity contribution in [3.8, 4) is 0 Å². The van der Waals surface area contributed by atoms with E-state index in [4.69, 9.17) is 5.11 Å². The molecule has 0 aromatic rings. The summed E-state index contributed by atoms with van der Waals surface area (Å²) in [5.74, 6) is -1.51. The smallest absolute Gasteiger partial charge is 0.325 e. The van der Waals surface area contributed by atoms with Crippen LogP contribution in [0, 0.1) is 5.92 Å². The SMILES string of the molecule is C[C@@H](NC(=O)C1CCN(C(=O)N(C)C)CC1)C(=O)O. The molecule has 108 valence electrons. The highest BCUT2D eigenvalue weighted by Gasteiger charge is 2.29. The third kappa shape index (κ3) is 4.11. The van der Waals surface area contributed by atoms with E-state index in [1.54, 1.807) is 19.0 Å². The molecule has 0 aliphatic carbocycles. The van der Waals surface area contributed by atoms with Crippen LogP contribution in [0.5, 0.6) is 0 Å². The molecular weight excluding hydrogens is 250 g/mol. The fourth-order valence-corrected chi connectivity index (χ4v) is 2.01. The van der Waals surface area contributed by atoms with E-state index in [1.165, 1.54) is 11.8 Å². The lowest BCUT2D eigenvalue weighted by atomic mass is 9.96. The molecule has 7 heteroatoms. The van der Waals surface area contributed by atoms with Gasteiger partial charge >= 0.3 is 12.0 Å². The van der Waals surface area contributed by atoms with Crippen LogP contribution in [0.4, 0.5) is 4.79 Å². The Bertz CT molecular complexity index is 362. The van der Waals surface area contributed by atoms with E-state index < -0.39 is 12.0 Å². The average Bonchev–Trinajstić information content (AvgIpc) is 2.37. The van der Waals surface area contributed by atoms with Crippen LogP contribution in [-0.4, -0.2) is 66.0 Å². The Labute approximate surface area is 112 Å². The van der Waals surface area contributed by atoms with Gasteiger partial charge in [-0.15, -0.1) is 0 Å². The summed E-state index contributed by atoms with van der Waals surface area (Å²) in [4.78, 5) is 37.4. The molecule has 0 radical (unpaired) electrons. The summed E-state index contributed by atoms with van der Waals surface area (Å²) in [6.07, 6.45) is 1.13. The van der Waals surface area contributed by atoms with Gasteiger partial charge in [-0.3, -0.25) is 9.59 Å². The van der Waals surface area contributed by atoms with Crippen molar-refractivity contribution in [2.75, 3.05) is 27.2 Å². The highest BCUT2D eigenvalue weighted by molar-refractivity contribution is 5.85. The molecule has 1 saturated heterocycles. The number of nitrogens with one attached hydrogen (secondary N) is 1. The maximum atomic E-state index is 11.8. The summed E-state index contributed by atoms with van der Waals surface area (Å²) >= 11 is 0. The molecule has 1 aliphatic heterocycles. The summed E-state index contributed by atoms with van der Waals surface area (Å²) < 4.78 is 0. The van der Waals surface area contributed by atoms with Crippen molar-refractivity contribution in [2.45, 2.75) is 25.8 Å². The highest BCUT2D eigenvalue weighted by Crippen LogP contribution is 2.18. The Morgan fingerprint density at radius 2 is 1.79 bits per heavy atom. The minimum atomic E-state index is -1.05. The lowest BCUT2D eigenvalue weighted by Gasteiger charge is -2.33. The quantitative estimate of drug-likeness (QED) is 0.754. The molecular formula is C12H21N3O4. The molecule has 0 aromatic carbocycles. The first-order chi connectivity index (χ1) is 8.82. The minimum Gasteiger partial charge on any atom is -0.480 e. The van der Waals surface area contributed by atoms with Crippen LogP contribution in [0.1, 0.15) is 19.8 Å². The molecule has 1 heterocycles. The number of hydrogen-bond donors (Lipinski definition) is 2. The number of piperidine rings is 1. The number of carbonyl (C=O) groups excluding carboxylic acids is 2. The maximum Gasteiger partial charge on any atom is 0.325 e. The number of nitrogens with zero attached hydrogens (tertiary/aromatic N) is 2. The van der Waals surface area contributed by atoms with E-state index in [9.17, 15) is 14.4 Å². The predicted octanol–water partition coefficient (Wildman–Crippen LogP) is -0.0307. The Kier molecular flexibility index (Phi) is 5.14. The first-order valence-corrected chi connectivity index (χ1v) is 6.32. The Balaban J connectivity index is 2.43. The largest absolute Gasteiger partial charge is 0.480 e. The average molecular weight is 271 g/mol. The standard InChI is InChI=1S/C12H21N3O4/c1-8(11(17)18)13-10(16)9-4-6-15(7-5-9)12(19)14(2)3/h8-9H,4-7H2,1-3H3,(H,13,16)(H,17,18)/t8-/m1/s1. The number of carboxylic acid groups (broad SMARTS) is 1. The van der Waals surface area contributed by atoms with E-state index in [1.807, 2.05) is 0 Å². The fraction of sp³-hybridized carbons (Fsp3) is 0.750. The first kappa shape index (κ1) is 15.3. The number of carboxylic acids is 1. The number of amides is 3. The number of hydrogen-bond acceptors (Lipinski definition) is 3. The Hall–Kier alpha value is -1.79. The normalized spacial score (nSPS) is 17.7. The molecule has 1 atom stereocenters. The molecule has 1 fully saturated rings. The van der Waals surface area contributed by atoms with Gasteiger partial charge in [0.2, 0.25) is 5.91 Å². The van der Waals surface area contributed by atoms with Crippen LogP contribution in [0.3, 0.4) is 0 Å². The monoisotopic (exact) mass is 271 g/mol. The Morgan fingerprint density at radius 1 is 1.26 bits per heavy atom. The molecule has 1 aliphatic rings. The molecule has 0 spiro atoms. The molecule has 1 rings (SSSR count). The van der Waals surface area contributed by atoms with Gasteiger partial charge in [0.05, 0.1) is 0 Å². The topological polar surface area (TPSA) is 90.0 Å². The van der Waals surface area contributed by atoms with Gasteiger partial charge < -0.3 is 20.2 Å². The van der Waals surface area contributed by atoms with Gasteiger partial charge in [0.25, 0.3) is 0 Å². The second-order valence-electron chi connectivity index (χ2n) is 5.01. The van der Waals surface area contributed by atoms with Gasteiger partial charge in [0, 0.05) is 33.1 Å². The zero-order chi connectivity index (χ0) is 14.6. The summed E-state index contributed by atoms with van der Waals surface area (Å²) in [5, 5.41) is 11.2. The highest BCUT2D eigenvalue weighted by atomic mass is 16.4. The molecule has 19 heavy (non-hydrogen) atoms. The maximum absolute atomic E-state index is 11.8. The van der Waals surface area contributed by atoms with Crippen molar-refractivity contribution in [1.29, 1.82) is 0 Å². The number of aliphatic carboxylic acids is 1. The Morgan fingerprint density at radius 3 is 2.21 bits per heavy atom. The van der Waals surface area contributed by atoms with E-state index in [2.05, 4.69) is 5.32 Å². The zero-order valence-electron chi connectivity index (χ0n) is 11.5. The summed E-state index contributed by atoms with van der Waals surface area (Å²) in [6, 6.07) is -0.938. The van der Waals surface area contributed by atoms with Gasteiger partial charge in [-0.2, -0.15) is 0 Å². The molecule has 3 amide bonds. The van der Waals surface area contributed by atoms with Gasteiger partial charge in [-0.1, -0.05) is 0 Å². The number of urea groups is 1. The fourth-order valence-electron chi connectivity index (χ4n) is 2.01. The number of carbonyl (C=O) groups is 3. The van der Waals surface area contributed by atoms with Crippen molar-refractivity contribution < 1.29 is 19.5 Å². The van der Waals surface area contributed by atoms with Crippen LogP contribution in [0.25, 0.3) is 0 Å². The van der Waals surface area contributed by atoms with E-state index >= 15 is 0 Å². The lowest BCUT2D eigenvalue weighted by Crippen LogP contribution is -2.48. The molecule has 2 N–H and O–H groups in total. The van der Waals surface area contributed by atoms with Crippen molar-refractivity contribution in [3.05, 3.63) is 0 Å². The minimum absolute atomic E-state index is 0.0576.